The Morgan fingerprint density at radius 1 is 1.39 bits per heavy atom. The Labute approximate surface area is 110 Å². The number of hydrogen-bond donors (Lipinski definition) is 1. The molecule has 2 rings (SSSR count). The van der Waals surface area contributed by atoms with Crippen LogP contribution in [0.15, 0.2) is 23.0 Å². The molecule has 0 aliphatic heterocycles. The van der Waals surface area contributed by atoms with Gasteiger partial charge in [0.25, 0.3) is 5.56 Å². The van der Waals surface area contributed by atoms with Crippen LogP contribution in [0.3, 0.4) is 0 Å². The van der Waals surface area contributed by atoms with Gasteiger partial charge in [-0.15, -0.1) is 0 Å². The highest BCUT2D eigenvalue weighted by Crippen LogP contribution is 2.29. The molecule has 18 heavy (non-hydrogen) atoms. The number of ether oxygens (including phenoxy) is 1. The Bertz CT molecular complexity index is 662. The van der Waals surface area contributed by atoms with E-state index in [1.54, 1.807) is 37.8 Å². The minimum Gasteiger partial charge on any atom is -0.495 e. The highest BCUT2D eigenvalue weighted by molar-refractivity contribution is 6.32. The van der Waals surface area contributed by atoms with E-state index in [2.05, 4.69) is 0 Å². The van der Waals surface area contributed by atoms with Crippen LogP contribution in [0, 0.1) is 0 Å². The predicted octanol–water partition coefficient (Wildman–Crippen LogP) is 2.22. The molecule has 2 N–H and O–H groups in total. The van der Waals surface area contributed by atoms with Crippen LogP contribution in [0.25, 0.3) is 10.9 Å². The molecule has 1 aromatic carbocycles. The molecule has 0 radical (unpaired) electrons. The fourth-order valence-corrected chi connectivity index (χ4v) is 2.21. The molecule has 96 valence electrons. The van der Waals surface area contributed by atoms with Crippen molar-refractivity contribution in [2.24, 2.45) is 12.8 Å². The summed E-state index contributed by atoms with van der Waals surface area (Å²) >= 11 is 6.06. The summed E-state index contributed by atoms with van der Waals surface area (Å²) in [4.78, 5) is 12.1. The van der Waals surface area contributed by atoms with Crippen LogP contribution in [-0.4, -0.2) is 11.7 Å². The lowest BCUT2D eigenvalue weighted by Gasteiger charge is -2.12. The first-order valence-corrected chi connectivity index (χ1v) is 5.96. The molecule has 0 aliphatic rings. The van der Waals surface area contributed by atoms with Crippen LogP contribution < -0.4 is 16.0 Å². The fraction of sp³-hybridized carbons (Fsp3) is 0.308. The van der Waals surface area contributed by atoms with Gasteiger partial charge in [-0.1, -0.05) is 11.6 Å². The van der Waals surface area contributed by atoms with Gasteiger partial charge in [0.05, 0.1) is 17.6 Å². The van der Waals surface area contributed by atoms with Gasteiger partial charge in [-0.05, 0) is 25.1 Å². The molecule has 0 amide bonds. The Hall–Kier alpha value is -1.52. The van der Waals surface area contributed by atoms with Crippen LogP contribution in [0.4, 0.5) is 0 Å². The number of hydrogen-bond acceptors (Lipinski definition) is 3. The van der Waals surface area contributed by atoms with Gasteiger partial charge in [0.2, 0.25) is 0 Å². The standard InChI is InChI=1S/C13H15ClN2O2/c1-7(15)9-4-8-5-12(18-3)10(14)6-11(8)16(2)13(9)17/h4-7H,15H2,1-3H3. The van der Waals surface area contributed by atoms with Crippen molar-refractivity contribution in [2.45, 2.75) is 13.0 Å². The van der Waals surface area contributed by atoms with Gasteiger partial charge in [-0.2, -0.15) is 0 Å². The third kappa shape index (κ3) is 1.98. The van der Waals surface area contributed by atoms with E-state index in [4.69, 9.17) is 22.1 Å². The van der Waals surface area contributed by atoms with Crippen molar-refractivity contribution in [3.8, 4) is 5.75 Å². The third-order valence-electron chi connectivity index (χ3n) is 3.02. The highest BCUT2D eigenvalue weighted by atomic mass is 35.5. The molecule has 0 spiro atoms. The van der Waals surface area contributed by atoms with E-state index in [1.807, 2.05) is 6.07 Å². The fourth-order valence-electron chi connectivity index (χ4n) is 1.98. The van der Waals surface area contributed by atoms with Crippen molar-refractivity contribution in [1.82, 2.24) is 4.57 Å². The molecule has 0 aliphatic carbocycles. The molecule has 0 bridgehead atoms. The highest BCUT2D eigenvalue weighted by Gasteiger charge is 2.12. The number of nitrogens with zero attached hydrogens (tertiary/aromatic N) is 1. The lowest BCUT2D eigenvalue weighted by molar-refractivity contribution is 0.415. The number of aryl methyl sites for hydroxylation is 1. The maximum atomic E-state index is 12.1. The quantitative estimate of drug-likeness (QED) is 0.907. The van der Waals surface area contributed by atoms with Crippen molar-refractivity contribution < 1.29 is 4.74 Å². The first kappa shape index (κ1) is 12.9. The number of benzene rings is 1. The Morgan fingerprint density at radius 3 is 2.61 bits per heavy atom. The van der Waals surface area contributed by atoms with Crippen LogP contribution in [0.2, 0.25) is 5.02 Å². The molecule has 2 aromatic rings. The van der Waals surface area contributed by atoms with Gasteiger partial charge in [0.15, 0.2) is 0 Å². The average molecular weight is 267 g/mol. The number of fused-ring (bicyclic) bond motifs is 1. The third-order valence-corrected chi connectivity index (χ3v) is 3.31. The van der Waals surface area contributed by atoms with Gasteiger partial charge >= 0.3 is 0 Å². The number of nitrogens with two attached hydrogens (primary N) is 1. The topological polar surface area (TPSA) is 57.2 Å². The second-order valence-electron chi connectivity index (χ2n) is 4.30. The molecule has 1 heterocycles. The summed E-state index contributed by atoms with van der Waals surface area (Å²) in [6.07, 6.45) is 0. The molecule has 0 fully saturated rings. The normalized spacial score (nSPS) is 12.7. The van der Waals surface area contributed by atoms with Crippen LogP contribution >= 0.6 is 11.6 Å². The summed E-state index contributed by atoms with van der Waals surface area (Å²) in [5, 5.41) is 1.36. The average Bonchev–Trinajstić information content (AvgIpc) is 2.33. The molecule has 0 saturated heterocycles. The largest absolute Gasteiger partial charge is 0.495 e. The Morgan fingerprint density at radius 2 is 2.06 bits per heavy atom. The van der Waals surface area contributed by atoms with Gasteiger partial charge < -0.3 is 15.0 Å². The zero-order valence-electron chi connectivity index (χ0n) is 10.5. The first-order chi connectivity index (χ1) is 8.45. The van der Waals surface area contributed by atoms with E-state index in [1.165, 1.54) is 0 Å². The van der Waals surface area contributed by atoms with Gasteiger partial charge in [0.1, 0.15) is 5.75 Å². The van der Waals surface area contributed by atoms with Gasteiger partial charge in [-0.25, -0.2) is 0 Å². The number of halogens is 1. The molecule has 0 saturated carbocycles. The van der Waals surface area contributed by atoms with Crippen LogP contribution in [0.5, 0.6) is 5.75 Å². The van der Waals surface area contributed by atoms with Crippen molar-refractivity contribution in [3.05, 3.63) is 39.1 Å². The molecular weight excluding hydrogens is 252 g/mol. The summed E-state index contributed by atoms with van der Waals surface area (Å²) in [6, 6.07) is 5.02. The summed E-state index contributed by atoms with van der Waals surface area (Å²) in [7, 11) is 3.26. The summed E-state index contributed by atoms with van der Waals surface area (Å²) in [6.45, 7) is 1.79. The van der Waals surface area contributed by atoms with E-state index in [9.17, 15) is 4.79 Å². The molecule has 1 atom stereocenters. The van der Waals surface area contributed by atoms with E-state index < -0.39 is 0 Å². The monoisotopic (exact) mass is 266 g/mol. The summed E-state index contributed by atoms with van der Waals surface area (Å²) in [5.41, 5.74) is 7.04. The molecular formula is C13H15ClN2O2. The van der Waals surface area contributed by atoms with Gasteiger partial charge in [0, 0.05) is 24.0 Å². The maximum Gasteiger partial charge on any atom is 0.255 e. The Balaban J connectivity index is 2.87. The minimum atomic E-state index is -0.310. The number of methoxy groups -OCH3 is 1. The Kier molecular flexibility index (Phi) is 3.32. The lowest BCUT2D eigenvalue weighted by atomic mass is 10.1. The number of pyridine rings is 1. The van der Waals surface area contributed by atoms with Crippen LogP contribution in [0.1, 0.15) is 18.5 Å². The molecule has 1 aromatic heterocycles. The van der Waals surface area contributed by atoms with Crippen LogP contribution in [-0.2, 0) is 7.05 Å². The first-order valence-electron chi connectivity index (χ1n) is 5.58. The zero-order valence-corrected chi connectivity index (χ0v) is 11.3. The number of rotatable bonds is 2. The lowest BCUT2D eigenvalue weighted by Crippen LogP contribution is -2.25. The van der Waals surface area contributed by atoms with Crippen molar-refractivity contribution in [2.75, 3.05) is 7.11 Å². The van der Waals surface area contributed by atoms with Crippen molar-refractivity contribution in [1.29, 1.82) is 0 Å². The van der Waals surface area contributed by atoms with Gasteiger partial charge in [-0.3, -0.25) is 4.79 Å². The molecule has 1 unspecified atom stereocenters. The summed E-state index contributed by atoms with van der Waals surface area (Å²) in [5.74, 6) is 0.582. The zero-order chi connectivity index (χ0) is 13.4. The minimum absolute atomic E-state index is 0.0984. The molecule has 4 nitrogen and oxygen atoms in total. The predicted molar refractivity (Wildman–Crippen MR) is 73.4 cm³/mol. The SMILES string of the molecule is COc1cc2cc(C(C)N)c(=O)n(C)c2cc1Cl. The van der Waals surface area contributed by atoms with E-state index in [-0.39, 0.29) is 11.6 Å². The second kappa shape index (κ2) is 4.63. The van der Waals surface area contributed by atoms with E-state index in [0.29, 0.717) is 16.3 Å². The molecule has 5 heteroatoms. The summed E-state index contributed by atoms with van der Waals surface area (Å²) < 4.78 is 6.73. The maximum absolute atomic E-state index is 12.1. The van der Waals surface area contributed by atoms with E-state index >= 15 is 0 Å². The smallest absolute Gasteiger partial charge is 0.255 e. The van der Waals surface area contributed by atoms with Crippen molar-refractivity contribution >= 4 is 22.5 Å². The second-order valence-corrected chi connectivity index (χ2v) is 4.71. The van der Waals surface area contributed by atoms with Crippen molar-refractivity contribution in [3.63, 3.8) is 0 Å². The van der Waals surface area contributed by atoms with E-state index in [0.717, 1.165) is 10.9 Å². The number of aromatic nitrogens is 1.